The van der Waals surface area contributed by atoms with Crippen molar-refractivity contribution in [1.29, 1.82) is 0 Å². The number of rotatable bonds is 6. The van der Waals surface area contributed by atoms with Crippen LogP contribution in [0.3, 0.4) is 0 Å². The molecular weight excluding hydrogens is 334 g/mol. The molecule has 0 heterocycles. The lowest BCUT2D eigenvalue weighted by atomic mass is 10.0. The van der Waals surface area contributed by atoms with Gasteiger partial charge in [0.2, 0.25) is 0 Å². The summed E-state index contributed by atoms with van der Waals surface area (Å²) in [7, 11) is 0. The molecule has 4 heteroatoms. The largest absolute Gasteiger partial charge is 0.483 e. The minimum absolute atomic E-state index is 0.0350. The Hall–Kier alpha value is -2.00. The first-order chi connectivity index (χ1) is 11.8. The number of hydrogen-bond donors (Lipinski definition) is 1. The maximum Gasteiger partial charge on any atom is 0.262 e. The van der Waals surface area contributed by atoms with Gasteiger partial charge in [-0.1, -0.05) is 51.4 Å². The van der Waals surface area contributed by atoms with Gasteiger partial charge in [-0.3, -0.25) is 4.79 Å². The molecule has 0 unspecified atom stereocenters. The van der Waals surface area contributed by atoms with Crippen molar-refractivity contribution in [2.24, 2.45) is 0 Å². The number of benzene rings is 2. The zero-order chi connectivity index (χ0) is 18.6. The zero-order valence-electron chi connectivity index (χ0n) is 15.5. The van der Waals surface area contributed by atoms with Crippen molar-refractivity contribution >= 4 is 23.2 Å². The molecule has 0 aromatic heterocycles. The van der Waals surface area contributed by atoms with Gasteiger partial charge in [0.05, 0.1) is 0 Å². The Labute approximate surface area is 155 Å². The van der Waals surface area contributed by atoms with E-state index >= 15 is 0 Å². The molecular formula is C21H26ClNO2. The number of hydrogen-bond acceptors (Lipinski definition) is 2. The van der Waals surface area contributed by atoms with Crippen LogP contribution in [0.5, 0.6) is 5.75 Å². The van der Waals surface area contributed by atoms with E-state index in [0.717, 1.165) is 16.8 Å². The van der Waals surface area contributed by atoms with Gasteiger partial charge in [0, 0.05) is 10.7 Å². The summed E-state index contributed by atoms with van der Waals surface area (Å²) in [5, 5.41) is 3.58. The molecule has 0 saturated heterocycles. The molecule has 0 fully saturated rings. The third-order valence-corrected chi connectivity index (χ3v) is 4.54. The fourth-order valence-electron chi connectivity index (χ4n) is 2.54. The van der Waals surface area contributed by atoms with Crippen LogP contribution in [0.1, 0.15) is 56.2 Å². The molecule has 0 aliphatic heterocycles. The molecule has 0 aliphatic carbocycles. The minimum atomic E-state index is -0.181. The Balaban J connectivity index is 2.01. The predicted molar refractivity (Wildman–Crippen MR) is 105 cm³/mol. The fraction of sp³-hybridized carbons (Fsp3) is 0.381. The first kappa shape index (κ1) is 19.3. The number of amides is 1. The highest BCUT2D eigenvalue weighted by Crippen LogP contribution is 2.32. The second-order valence-corrected chi connectivity index (χ2v) is 7.31. The third kappa shape index (κ3) is 5.23. The summed E-state index contributed by atoms with van der Waals surface area (Å²) in [6, 6.07) is 11.7. The summed E-state index contributed by atoms with van der Waals surface area (Å²) in [6.45, 7) is 10.3. The molecule has 0 saturated carbocycles. The van der Waals surface area contributed by atoms with E-state index in [4.69, 9.17) is 16.3 Å². The average Bonchev–Trinajstić information content (AvgIpc) is 2.55. The highest BCUT2D eigenvalue weighted by atomic mass is 35.5. The lowest BCUT2D eigenvalue weighted by Crippen LogP contribution is -2.20. The van der Waals surface area contributed by atoms with Crippen molar-refractivity contribution in [2.45, 2.75) is 46.5 Å². The van der Waals surface area contributed by atoms with E-state index < -0.39 is 0 Å². The van der Waals surface area contributed by atoms with E-state index in [2.05, 4.69) is 33.0 Å². The molecule has 0 atom stereocenters. The van der Waals surface area contributed by atoms with E-state index in [1.807, 2.05) is 43.3 Å². The van der Waals surface area contributed by atoms with Crippen LogP contribution in [0.15, 0.2) is 36.4 Å². The molecule has 0 radical (unpaired) electrons. The zero-order valence-corrected chi connectivity index (χ0v) is 16.3. The van der Waals surface area contributed by atoms with Crippen LogP contribution in [0, 0.1) is 6.92 Å². The van der Waals surface area contributed by atoms with Crippen molar-refractivity contribution in [3.05, 3.63) is 58.1 Å². The molecule has 0 aliphatic rings. The van der Waals surface area contributed by atoms with Crippen LogP contribution in [0.25, 0.3) is 0 Å². The van der Waals surface area contributed by atoms with Crippen LogP contribution in [-0.2, 0) is 4.79 Å². The van der Waals surface area contributed by atoms with Crippen molar-refractivity contribution in [3.63, 3.8) is 0 Å². The molecule has 3 nitrogen and oxygen atoms in total. The summed E-state index contributed by atoms with van der Waals surface area (Å²) in [4.78, 5) is 12.2. The van der Waals surface area contributed by atoms with Gasteiger partial charge in [0.1, 0.15) is 5.75 Å². The SMILES string of the molecule is Cc1cc(OCC(=O)Nc2ccc(C(C)C)cc2)c(C(C)C)cc1Cl. The lowest BCUT2D eigenvalue weighted by Gasteiger charge is -2.16. The van der Waals surface area contributed by atoms with E-state index in [1.165, 1.54) is 5.56 Å². The van der Waals surface area contributed by atoms with E-state index in [-0.39, 0.29) is 18.4 Å². The number of nitrogens with one attached hydrogen (secondary N) is 1. The van der Waals surface area contributed by atoms with E-state index in [1.54, 1.807) is 0 Å². The topological polar surface area (TPSA) is 38.3 Å². The molecule has 0 bridgehead atoms. The third-order valence-electron chi connectivity index (χ3n) is 4.13. The highest BCUT2D eigenvalue weighted by molar-refractivity contribution is 6.31. The lowest BCUT2D eigenvalue weighted by molar-refractivity contribution is -0.118. The van der Waals surface area contributed by atoms with Crippen LogP contribution in [-0.4, -0.2) is 12.5 Å². The van der Waals surface area contributed by atoms with Gasteiger partial charge in [0.25, 0.3) is 5.91 Å². The molecule has 2 aromatic carbocycles. The maximum atomic E-state index is 12.2. The average molecular weight is 360 g/mol. The van der Waals surface area contributed by atoms with Gasteiger partial charge >= 0.3 is 0 Å². The second kappa shape index (κ2) is 8.39. The van der Waals surface area contributed by atoms with Crippen LogP contribution < -0.4 is 10.1 Å². The fourth-order valence-corrected chi connectivity index (χ4v) is 2.71. The van der Waals surface area contributed by atoms with Crippen LogP contribution in [0.4, 0.5) is 5.69 Å². The van der Waals surface area contributed by atoms with Gasteiger partial charge < -0.3 is 10.1 Å². The Morgan fingerprint density at radius 1 is 1.08 bits per heavy atom. The van der Waals surface area contributed by atoms with Gasteiger partial charge in [-0.05, 0) is 59.7 Å². The number of carbonyl (C=O) groups excluding carboxylic acids is 1. The van der Waals surface area contributed by atoms with Crippen molar-refractivity contribution < 1.29 is 9.53 Å². The molecule has 1 N–H and O–H groups in total. The maximum absolute atomic E-state index is 12.2. The van der Waals surface area contributed by atoms with Crippen molar-refractivity contribution in [1.82, 2.24) is 0 Å². The van der Waals surface area contributed by atoms with Crippen LogP contribution >= 0.6 is 11.6 Å². The first-order valence-corrected chi connectivity index (χ1v) is 8.98. The number of halogens is 1. The van der Waals surface area contributed by atoms with Crippen molar-refractivity contribution in [2.75, 3.05) is 11.9 Å². The monoisotopic (exact) mass is 359 g/mol. The Morgan fingerprint density at radius 3 is 2.28 bits per heavy atom. The predicted octanol–water partition coefficient (Wildman–Crippen LogP) is 5.91. The minimum Gasteiger partial charge on any atom is -0.483 e. The normalized spacial score (nSPS) is 11.0. The molecule has 134 valence electrons. The first-order valence-electron chi connectivity index (χ1n) is 8.60. The molecule has 2 rings (SSSR count). The Bertz CT molecular complexity index is 736. The van der Waals surface area contributed by atoms with Crippen molar-refractivity contribution in [3.8, 4) is 5.75 Å². The van der Waals surface area contributed by atoms with E-state index in [9.17, 15) is 4.79 Å². The summed E-state index contributed by atoms with van der Waals surface area (Å²) < 4.78 is 5.76. The smallest absolute Gasteiger partial charge is 0.262 e. The Morgan fingerprint density at radius 2 is 1.72 bits per heavy atom. The molecule has 2 aromatic rings. The molecule has 1 amide bonds. The van der Waals surface area contributed by atoms with Gasteiger partial charge in [-0.15, -0.1) is 0 Å². The number of anilines is 1. The highest BCUT2D eigenvalue weighted by Gasteiger charge is 2.13. The number of carbonyl (C=O) groups is 1. The number of ether oxygens (including phenoxy) is 1. The van der Waals surface area contributed by atoms with Crippen LogP contribution in [0.2, 0.25) is 5.02 Å². The summed E-state index contributed by atoms with van der Waals surface area (Å²) in [6.07, 6.45) is 0. The van der Waals surface area contributed by atoms with Gasteiger partial charge in [-0.2, -0.15) is 0 Å². The summed E-state index contributed by atoms with van der Waals surface area (Å²) >= 11 is 6.20. The Kier molecular flexibility index (Phi) is 6.49. The van der Waals surface area contributed by atoms with Gasteiger partial charge in [0.15, 0.2) is 6.61 Å². The molecule has 25 heavy (non-hydrogen) atoms. The molecule has 0 spiro atoms. The van der Waals surface area contributed by atoms with E-state index in [0.29, 0.717) is 16.7 Å². The van der Waals surface area contributed by atoms with Gasteiger partial charge in [-0.25, -0.2) is 0 Å². The second-order valence-electron chi connectivity index (χ2n) is 6.91. The summed E-state index contributed by atoms with van der Waals surface area (Å²) in [5.74, 6) is 1.26. The quantitative estimate of drug-likeness (QED) is 0.695. The number of aryl methyl sites for hydroxylation is 1. The summed E-state index contributed by atoms with van der Waals surface area (Å²) in [5.41, 5.74) is 3.96. The standard InChI is InChI=1S/C21H26ClNO2/c1-13(2)16-6-8-17(9-7-16)23-21(24)12-25-20-10-15(5)19(22)11-18(20)14(3)4/h6-11,13-14H,12H2,1-5H3,(H,23,24).